The SMILES string of the molecule is CN1CCN(S(=O)(=O)c2ccccc2)CC1c1ccccc1F. The quantitative estimate of drug-likeness (QED) is 0.866. The predicted octanol–water partition coefficient (Wildman–Crippen LogP) is 2.50. The highest BCUT2D eigenvalue weighted by molar-refractivity contribution is 7.89. The number of piperazine rings is 1. The van der Waals surface area contributed by atoms with Crippen LogP contribution in [0.2, 0.25) is 0 Å². The summed E-state index contributed by atoms with van der Waals surface area (Å²) < 4.78 is 41.1. The Balaban J connectivity index is 1.91. The molecule has 0 spiro atoms. The van der Waals surface area contributed by atoms with Gasteiger partial charge in [0.1, 0.15) is 5.82 Å². The van der Waals surface area contributed by atoms with Gasteiger partial charge in [-0.3, -0.25) is 4.90 Å². The van der Waals surface area contributed by atoms with Crippen LogP contribution >= 0.6 is 0 Å². The fourth-order valence-electron chi connectivity index (χ4n) is 2.89. The van der Waals surface area contributed by atoms with Crippen LogP contribution in [-0.2, 0) is 10.0 Å². The summed E-state index contributed by atoms with van der Waals surface area (Å²) in [7, 11) is -1.66. The van der Waals surface area contributed by atoms with Crippen molar-refractivity contribution in [2.75, 3.05) is 26.7 Å². The van der Waals surface area contributed by atoms with Gasteiger partial charge in [-0.05, 0) is 25.2 Å². The Morgan fingerprint density at radius 3 is 2.35 bits per heavy atom. The minimum atomic E-state index is -3.56. The fraction of sp³-hybridized carbons (Fsp3) is 0.294. The molecule has 0 aliphatic carbocycles. The Morgan fingerprint density at radius 2 is 1.65 bits per heavy atom. The van der Waals surface area contributed by atoms with Crippen LogP contribution < -0.4 is 0 Å². The van der Waals surface area contributed by atoms with Gasteiger partial charge in [0.25, 0.3) is 0 Å². The lowest BCUT2D eigenvalue weighted by atomic mass is 10.0. The van der Waals surface area contributed by atoms with E-state index in [0.717, 1.165) is 0 Å². The summed E-state index contributed by atoms with van der Waals surface area (Å²) in [5.74, 6) is -0.302. The number of likely N-dealkylation sites (N-methyl/N-ethyl adjacent to an activating group) is 1. The summed E-state index contributed by atoms with van der Waals surface area (Å²) >= 11 is 0. The first-order valence-electron chi connectivity index (χ1n) is 7.50. The molecule has 2 aromatic rings. The van der Waals surface area contributed by atoms with E-state index in [0.29, 0.717) is 18.7 Å². The zero-order valence-corrected chi connectivity index (χ0v) is 13.7. The van der Waals surface area contributed by atoms with Gasteiger partial charge >= 0.3 is 0 Å². The van der Waals surface area contributed by atoms with Gasteiger partial charge in [-0.15, -0.1) is 0 Å². The molecule has 122 valence electrons. The summed E-state index contributed by atoms with van der Waals surface area (Å²) in [6, 6.07) is 14.6. The van der Waals surface area contributed by atoms with Crippen LogP contribution in [0.15, 0.2) is 59.5 Å². The first-order valence-corrected chi connectivity index (χ1v) is 8.94. The van der Waals surface area contributed by atoms with Gasteiger partial charge in [0.2, 0.25) is 10.0 Å². The average molecular weight is 334 g/mol. The van der Waals surface area contributed by atoms with E-state index in [4.69, 9.17) is 0 Å². The molecule has 0 radical (unpaired) electrons. The fourth-order valence-corrected chi connectivity index (χ4v) is 4.35. The molecule has 0 N–H and O–H groups in total. The van der Waals surface area contributed by atoms with Crippen LogP contribution in [0.3, 0.4) is 0 Å². The third kappa shape index (κ3) is 3.15. The van der Waals surface area contributed by atoms with Gasteiger partial charge in [-0.25, -0.2) is 12.8 Å². The normalized spacial score (nSPS) is 20.5. The van der Waals surface area contributed by atoms with Gasteiger partial charge in [-0.2, -0.15) is 4.31 Å². The lowest BCUT2D eigenvalue weighted by molar-refractivity contribution is 0.145. The van der Waals surface area contributed by atoms with Crippen molar-refractivity contribution in [3.63, 3.8) is 0 Å². The van der Waals surface area contributed by atoms with Crippen molar-refractivity contribution in [3.8, 4) is 0 Å². The number of benzene rings is 2. The van der Waals surface area contributed by atoms with E-state index in [-0.39, 0.29) is 23.3 Å². The van der Waals surface area contributed by atoms with E-state index in [2.05, 4.69) is 0 Å². The van der Waals surface area contributed by atoms with Gasteiger partial charge in [-0.1, -0.05) is 36.4 Å². The van der Waals surface area contributed by atoms with E-state index in [1.807, 2.05) is 11.9 Å². The van der Waals surface area contributed by atoms with Crippen molar-refractivity contribution in [2.24, 2.45) is 0 Å². The zero-order valence-electron chi connectivity index (χ0n) is 12.9. The maximum atomic E-state index is 14.1. The number of halogens is 1. The lowest BCUT2D eigenvalue weighted by Crippen LogP contribution is -2.49. The summed E-state index contributed by atoms with van der Waals surface area (Å²) in [5, 5.41) is 0. The molecule has 3 rings (SSSR count). The van der Waals surface area contributed by atoms with E-state index in [1.165, 1.54) is 10.4 Å². The number of rotatable bonds is 3. The van der Waals surface area contributed by atoms with Crippen molar-refractivity contribution in [1.82, 2.24) is 9.21 Å². The Morgan fingerprint density at radius 1 is 1.00 bits per heavy atom. The number of nitrogens with zero attached hydrogens (tertiary/aromatic N) is 2. The van der Waals surface area contributed by atoms with E-state index < -0.39 is 10.0 Å². The third-order valence-electron chi connectivity index (χ3n) is 4.26. The largest absolute Gasteiger partial charge is 0.297 e. The smallest absolute Gasteiger partial charge is 0.243 e. The summed E-state index contributed by atoms with van der Waals surface area (Å²) in [4.78, 5) is 2.27. The van der Waals surface area contributed by atoms with Gasteiger partial charge in [0.05, 0.1) is 10.9 Å². The van der Waals surface area contributed by atoms with Crippen LogP contribution in [0.5, 0.6) is 0 Å². The minimum Gasteiger partial charge on any atom is -0.297 e. The van der Waals surface area contributed by atoms with Crippen molar-refractivity contribution in [2.45, 2.75) is 10.9 Å². The van der Waals surface area contributed by atoms with Crippen LogP contribution in [-0.4, -0.2) is 44.3 Å². The molecule has 23 heavy (non-hydrogen) atoms. The Bertz CT molecular complexity index is 780. The standard InChI is InChI=1S/C17H19FN2O2S/c1-19-11-12-20(23(21,22)14-7-3-2-4-8-14)13-17(19)15-9-5-6-10-16(15)18/h2-10,17H,11-13H2,1H3. The molecule has 1 aliphatic rings. The summed E-state index contributed by atoms with van der Waals surface area (Å²) in [6.07, 6.45) is 0. The van der Waals surface area contributed by atoms with Crippen molar-refractivity contribution < 1.29 is 12.8 Å². The summed E-state index contributed by atoms with van der Waals surface area (Å²) in [5.41, 5.74) is 0.531. The molecule has 6 heteroatoms. The molecule has 0 aromatic heterocycles. The molecule has 0 amide bonds. The molecule has 0 saturated carbocycles. The molecular weight excluding hydrogens is 315 g/mol. The Kier molecular flexibility index (Phi) is 4.48. The molecule has 1 saturated heterocycles. The average Bonchev–Trinajstić information content (AvgIpc) is 2.57. The van der Waals surface area contributed by atoms with Crippen LogP contribution in [0, 0.1) is 5.82 Å². The molecule has 2 aromatic carbocycles. The number of hydrogen-bond donors (Lipinski definition) is 0. The zero-order chi connectivity index (χ0) is 16.4. The molecule has 1 atom stereocenters. The lowest BCUT2D eigenvalue weighted by Gasteiger charge is -2.39. The minimum absolute atomic E-state index is 0.245. The number of hydrogen-bond acceptors (Lipinski definition) is 3. The maximum absolute atomic E-state index is 14.1. The maximum Gasteiger partial charge on any atom is 0.243 e. The molecule has 1 heterocycles. The van der Waals surface area contributed by atoms with Crippen LogP contribution in [0.4, 0.5) is 4.39 Å². The van der Waals surface area contributed by atoms with Crippen molar-refractivity contribution in [3.05, 3.63) is 66.0 Å². The Labute approximate surface area is 136 Å². The number of sulfonamides is 1. The van der Waals surface area contributed by atoms with Crippen molar-refractivity contribution in [1.29, 1.82) is 0 Å². The highest BCUT2D eigenvalue weighted by Gasteiger charge is 2.34. The molecule has 1 aliphatic heterocycles. The first kappa shape index (κ1) is 16.1. The third-order valence-corrected chi connectivity index (χ3v) is 6.14. The first-order chi connectivity index (χ1) is 11.0. The molecule has 1 fully saturated rings. The van der Waals surface area contributed by atoms with E-state index >= 15 is 0 Å². The highest BCUT2D eigenvalue weighted by Crippen LogP contribution is 2.29. The highest BCUT2D eigenvalue weighted by atomic mass is 32.2. The van der Waals surface area contributed by atoms with Crippen molar-refractivity contribution >= 4 is 10.0 Å². The van der Waals surface area contributed by atoms with Crippen LogP contribution in [0.25, 0.3) is 0 Å². The van der Waals surface area contributed by atoms with E-state index in [1.54, 1.807) is 48.5 Å². The monoisotopic (exact) mass is 334 g/mol. The molecule has 1 unspecified atom stereocenters. The Hall–Kier alpha value is -1.76. The van der Waals surface area contributed by atoms with Crippen LogP contribution in [0.1, 0.15) is 11.6 Å². The topological polar surface area (TPSA) is 40.6 Å². The molecule has 4 nitrogen and oxygen atoms in total. The molecular formula is C17H19FN2O2S. The van der Waals surface area contributed by atoms with Gasteiger partial charge in [0.15, 0.2) is 0 Å². The summed E-state index contributed by atoms with van der Waals surface area (Å²) in [6.45, 7) is 1.21. The molecule has 0 bridgehead atoms. The van der Waals surface area contributed by atoms with Gasteiger partial charge in [0, 0.05) is 25.2 Å². The second-order valence-corrected chi connectivity index (χ2v) is 7.63. The second kappa shape index (κ2) is 6.39. The van der Waals surface area contributed by atoms with E-state index in [9.17, 15) is 12.8 Å². The van der Waals surface area contributed by atoms with Gasteiger partial charge < -0.3 is 0 Å². The second-order valence-electron chi connectivity index (χ2n) is 5.69. The predicted molar refractivity (Wildman–Crippen MR) is 87.0 cm³/mol.